The molecule has 3 aliphatic carbocycles. The van der Waals surface area contributed by atoms with E-state index in [1.807, 2.05) is 24.3 Å². The molecule has 5 aliphatic rings. The smallest absolute Gasteiger partial charge is 0.166 e. The summed E-state index contributed by atoms with van der Waals surface area (Å²) >= 11 is 0. The minimum Gasteiger partial charge on any atom is -0.504 e. The lowest BCUT2D eigenvalue weighted by Gasteiger charge is -2.63. The van der Waals surface area contributed by atoms with E-state index < -0.39 is 17.1 Å². The van der Waals surface area contributed by atoms with Crippen molar-refractivity contribution in [2.45, 2.75) is 68.1 Å². The summed E-state index contributed by atoms with van der Waals surface area (Å²) < 4.78 is 6.49. The summed E-state index contributed by atoms with van der Waals surface area (Å²) in [6, 6.07) is 14.1. The highest BCUT2D eigenvalue weighted by Crippen LogP contribution is 2.65. The summed E-state index contributed by atoms with van der Waals surface area (Å²) in [6.07, 6.45) is 5.93. The lowest BCUT2D eigenvalue weighted by Crippen LogP contribution is -2.76. The van der Waals surface area contributed by atoms with E-state index in [0.29, 0.717) is 25.2 Å². The number of benzene rings is 2. The summed E-state index contributed by atoms with van der Waals surface area (Å²) in [6.45, 7) is 2.52. The number of aromatic hydroxyl groups is 1. The summed E-state index contributed by atoms with van der Waals surface area (Å²) in [7, 11) is 0. The van der Waals surface area contributed by atoms with Gasteiger partial charge in [0.25, 0.3) is 0 Å². The molecule has 0 aromatic heterocycles. The number of ether oxygens (including phenoxy) is 1. The van der Waals surface area contributed by atoms with Crippen LogP contribution in [0.1, 0.15) is 48.8 Å². The van der Waals surface area contributed by atoms with Gasteiger partial charge in [0.1, 0.15) is 6.61 Å². The Morgan fingerprint density at radius 1 is 1.12 bits per heavy atom. The van der Waals surface area contributed by atoms with Crippen LogP contribution in [0.25, 0.3) is 0 Å². The molecular weight excluding hydrogens is 428 g/mol. The highest BCUT2D eigenvalue weighted by atomic mass is 16.6. The molecule has 34 heavy (non-hydrogen) atoms. The predicted octanol–water partition coefficient (Wildman–Crippen LogP) is 3.57. The van der Waals surface area contributed by atoms with E-state index in [4.69, 9.17) is 9.57 Å². The quantitative estimate of drug-likeness (QED) is 0.509. The molecule has 6 nitrogen and oxygen atoms in total. The van der Waals surface area contributed by atoms with Gasteiger partial charge >= 0.3 is 0 Å². The Morgan fingerprint density at radius 2 is 1.97 bits per heavy atom. The van der Waals surface area contributed by atoms with Gasteiger partial charge in [0.15, 0.2) is 17.6 Å². The lowest BCUT2D eigenvalue weighted by molar-refractivity contribution is -0.167. The maximum atomic E-state index is 12.4. The van der Waals surface area contributed by atoms with Crippen LogP contribution < -0.4 is 4.74 Å². The Balaban J connectivity index is 1.23. The van der Waals surface area contributed by atoms with E-state index in [2.05, 4.69) is 22.2 Å². The van der Waals surface area contributed by atoms with Gasteiger partial charge in [0.05, 0.1) is 16.7 Å². The van der Waals surface area contributed by atoms with Crippen LogP contribution in [-0.2, 0) is 23.1 Å². The van der Waals surface area contributed by atoms with Gasteiger partial charge in [-0.05, 0) is 68.2 Å². The van der Waals surface area contributed by atoms with E-state index in [-0.39, 0.29) is 11.8 Å². The molecule has 2 aliphatic heterocycles. The number of likely N-dealkylation sites (tertiary alicyclic amines) is 1. The molecule has 0 radical (unpaired) electrons. The third-order valence-corrected chi connectivity index (χ3v) is 9.08. The monoisotopic (exact) mass is 460 g/mol. The van der Waals surface area contributed by atoms with Gasteiger partial charge in [-0.1, -0.05) is 41.6 Å². The molecule has 3 fully saturated rings. The van der Waals surface area contributed by atoms with E-state index in [1.54, 1.807) is 6.07 Å². The Morgan fingerprint density at radius 3 is 2.79 bits per heavy atom. The molecule has 2 aromatic carbocycles. The zero-order chi connectivity index (χ0) is 22.9. The summed E-state index contributed by atoms with van der Waals surface area (Å²) in [5.41, 5.74) is 2.85. The molecule has 1 saturated heterocycles. The molecule has 7 rings (SSSR count). The van der Waals surface area contributed by atoms with Crippen molar-refractivity contribution in [3.63, 3.8) is 0 Å². The number of phenolic OH excluding ortho intramolecular Hbond substituents is 1. The summed E-state index contributed by atoms with van der Waals surface area (Å²) in [5, 5.41) is 27.7. The number of nitrogens with zero attached hydrogens (tertiary/aromatic N) is 2. The van der Waals surface area contributed by atoms with Crippen molar-refractivity contribution in [3.8, 4) is 11.5 Å². The Bertz CT molecular complexity index is 1150. The Labute approximate surface area is 200 Å². The van der Waals surface area contributed by atoms with Crippen molar-refractivity contribution in [3.05, 3.63) is 59.2 Å². The highest BCUT2D eigenvalue weighted by Gasteiger charge is 2.72. The van der Waals surface area contributed by atoms with Crippen LogP contribution in [0, 0.1) is 5.92 Å². The maximum absolute atomic E-state index is 12.4. The second-order valence-corrected chi connectivity index (χ2v) is 10.9. The van der Waals surface area contributed by atoms with Crippen molar-refractivity contribution in [2.75, 3.05) is 19.7 Å². The minimum atomic E-state index is -0.889. The normalized spacial score (nSPS) is 34.6. The molecule has 2 bridgehead atoms. The van der Waals surface area contributed by atoms with E-state index in [1.165, 1.54) is 24.0 Å². The maximum Gasteiger partial charge on any atom is 0.166 e. The molecule has 178 valence electrons. The van der Waals surface area contributed by atoms with Crippen LogP contribution in [0.3, 0.4) is 0 Å². The van der Waals surface area contributed by atoms with Crippen molar-refractivity contribution in [2.24, 2.45) is 11.1 Å². The van der Waals surface area contributed by atoms with Gasteiger partial charge in [-0.15, -0.1) is 0 Å². The van der Waals surface area contributed by atoms with Gasteiger partial charge in [-0.25, -0.2) is 0 Å². The molecule has 1 spiro atoms. The van der Waals surface area contributed by atoms with Gasteiger partial charge in [-0.2, -0.15) is 0 Å². The molecule has 2 heterocycles. The molecular formula is C28H32N2O4. The number of piperidine rings is 1. The molecule has 2 N–H and O–H groups in total. The number of oxime groups is 1. The largest absolute Gasteiger partial charge is 0.504 e. The molecule has 0 unspecified atom stereocenters. The van der Waals surface area contributed by atoms with Crippen molar-refractivity contribution in [1.29, 1.82) is 0 Å². The van der Waals surface area contributed by atoms with Gasteiger partial charge < -0.3 is 19.8 Å². The van der Waals surface area contributed by atoms with Crippen LogP contribution in [0.5, 0.6) is 11.5 Å². The van der Waals surface area contributed by atoms with Crippen molar-refractivity contribution in [1.82, 2.24) is 4.90 Å². The van der Waals surface area contributed by atoms with Crippen molar-refractivity contribution >= 4 is 5.71 Å². The first-order chi connectivity index (χ1) is 16.6. The van der Waals surface area contributed by atoms with E-state index >= 15 is 0 Å². The zero-order valence-electron chi connectivity index (χ0n) is 19.4. The minimum absolute atomic E-state index is 0.0801. The first-order valence-corrected chi connectivity index (χ1v) is 12.8. The molecule has 6 heteroatoms. The van der Waals surface area contributed by atoms with Crippen LogP contribution in [0.2, 0.25) is 0 Å². The molecule has 4 atom stereocenters. The van der Waals surface area contributed by atoms with Gasteiger partial charge in [-0.3, -0.25) is 4.90 Å². The topological polar surface area (TPSA) is 74.5 Å². The zero-order valence-corrected chi connectivity index (χ0v) is 19.4. The fraction of sp³-hybridized carbons (Fsp3) is 0.536. The molecule has 0 amide bonds. The van der Waals surface area contributed by atoms with Crippen LogP contribution in [-0.4, -0.2) is 58.3 Å². The first kappa shape index (κ1) is 20.8. The number of hydrogen-bond donors (Lipinski definition) is 2. The number of phenols is 1. The van der Waals surface area contributed by atoms with Crippen LogP contribution in [0.4, 0.5) is 0 Å². The Hall–Kier alpha value is -2.57. The fourth-order valence-electron chi connectivity index (χ4n) is 7.31. The fourth-order valence-corrected chi connectivity index (χ4v) is 7.31. The predicted molar refractivity (Wildman–Crippen MR) is 128 cm³/mol. The van der Waals surface area contributed by atoms with Crippen LogP contribution >= 0.6 is 0 Å². The first-order valence-electron chi connectivity index (χ1n) is 12.8. The molecule has 2 saturated carbocycles. The average molecular weight is 461 g/mol. The highest BCUT2D eigenvalue weighted by molar-refractivity contribution is 5.94. The third kappa shape index (κ3) is 2.85. The number of hydrogen-bond acceptors (Lipinski definition) is 6. The number of aliphatic hydroxyl groups is 1. The van der Waals surface area contributed by atoms with Gasteiger partial charge in [0, 0.05) is 24.6 Å². The van der Waals surface area contributed by atoms with Crippen molar-refractivity contribution < 1.29 is 19.8 Å². The second kappa shape index (κ2) is 7.46. The number of rotatable bonds is 6. The summed E-state index contributed by atoms with van der Waals surface area (Å²) in [5.74, 6) is 1.49. The van der Waals surface area contributed by atoms with Crippen LogP contribution in [0.15, 0.2) is 47.6 Å². The van der Waals surface area contributed by atoms with E-state index in [0.717, 1.165) is 49.5 Å². The molecule has 2 aromatic rings. The van der Waals surface area contributed by atoms with Gasteiger partial charge in [0.2, 0.25) is 0 Å². The SMILES string of the molecule is Oc1ccc2c3c1O[C@H]1/C(=N\OCCc4ccccc4)CC[C@@]4(O)[C@@H](C2)N(CC2CC2)CC[C@]314. The summed E-state index contributed by atoms with van der Waals surface area (Å²) in [4.78, 5) is 8.35. The standard InChI is InChI=1S/C28H32N2O4/c31-22-9-8-20-16-23-28(32)12-10-21(29-33-15-11-18-4-2-1-3-5-18)26-27(28,24(20)25(22)34-26)13-14-30(23)17-19-6-7-19/h1-5,8-9,19,23,26,31-32H,6-7,10-17H2/b29-21-/t23-,26+,27+,28-/m1/s1. The lowest BCUT2D eigenvalue weighted by atomic mass is 9.49. The Kier molecular flexibility index (Phi) is 4.56. The third-order valence-electron chi connectivity index (χ3n) is 9.08. The second-order valence-electron chi connectivity index (χ2n) is 10.9. The van der Waals surface area contributed by atoms with E-state index in [9.17, 15) is 10.2 Å². The average Bonchev–Trinajstić information content (AvgIpc) is 3.59.